The molecule has 0 saturated heterocycles. The fourth-order valence-corrected chi connectivity index (χ4v) is 5.57. The molecule has 0 aliphatic carbocycles. The van der Waals surface area contributed by atoms with Crippen LogP contribution < -0.4 is 0 Å². The van der Waals surface area contributed by atoms with Gasteiger partial charge in [-0.05, 0) is 117 Å². The predicted octanol–water partition coefficient (Wildman–Crippen LogP) is 13.3. The minimum Gasteiger partial charge on any atom is -0.256 e. The van der Waals surface area contributed by atoms with Gasteiger partial charge in [-0.25, -0.2) is 0 Å². The first kappa shape index (κ1) is 34.3. The van der Waals surface area contributed by atoms with Crippen LogP contribution in [0.1, 0.15) is 22.3 Å². The molecule has 0 spiro atoms. The van der Waals surface area contributed by atoms with E-state index in [2.05, 4.69) is 68.5 Å². The maximum atomic E-state index is 5.96. The molecule has 0 atom stereocenters. The van der Waals surface area contributed by atoms with E-state index in [-0.39, 0.29) is 0 Å². The van der Waals surface area contributed by atoms with Gasteiger partial charge in [-0.3, -0.25) is 20.0 Å². The number of nitrogens with zero attached hydrogens (tertiary/aromatic N) is 4. The van der Waals surface area contributed by atoms with E-state index in [0.717, 1.165) is 67.3 Å². The molecule has 6 heteroatoms. The molecule has 0 heterocycles. The van der Waals surface area contributed by atoms with E-state index in [9.17, 15) is 0 Å². The summed E-state index contributed by atoms with van der Waals surface area (Å²) in [4.78, 5) is 18.5. The van der Waals surface area contributed by atoms with Crippen molar-refractivity contribution in [2.24, 2.45) is 20.0 Å². The standard InChI is InChI=1S/C46H32Cl2N4/c47-41-17-5-35(6-18-41)31-51-45-25-13-39(14-26-45)37-9-21-43(22-10-37)49-29-33-1-2-34(4-3-33)30-50-44-23-11-38(12-24-44)40-15-27-46(28-16-40)52-32-36-7-19-42(48)20-8-36/h1-32H. The molecule has 0 radical (unpaired) electrons. The highest BCUT2D eigenvalue weighted by Gasteiger charge is 2.01. The Hall–Kier alpha value is -6.20. The van der Waals surface area contributed by atoms with E-state index < -0.39 is 0 Å². The van der Waals surface area contributed by atoms with Gasteiger partial charge in [0.2, 0.25) is 0 Å². The maximum Gasteiger partial charge on any atom is 0.0630 e. The van der Waals surface area contributed by atoms with Crippen molar-refractivity contribution in [1.82, 2.24) is 0 Å². The molecule has 0 unspecified atom stereocenters. The second kappa shape index (κ2) is 16.7. The van der Waals surface area contributed by atoms with Crippen LogP contribution in [0.4, 0.5) is 22.7 Å². The van der Waals surface area contributed by atoms with Gasteiger partial charge in [0.15, 0.2) is 0 Å². The molecule has 0 fully saturated rings. The third-order valence-electron chi connectivity index (χ3n) is 8.26. The molecule has 0 N–H and O–H groups in total. The van der Waals surface area contributed by atoms with Crippen molar-refractivity contribution in [3.63, 3.8) is 0 Å². The first-order valence-corrected chi connectivity index (χ1v) is 17.5. The van der Waals surface area contributed by atoms with Crippen LogP contribution in [0.5, 0.6) is 0 Å². The van der Waals surface area contributed by atoms with Gasteiger partial charge in [-0.1, -0.05) is 120 Å². The Kier molecular flexibility index (Phi) is 11.0. The molecule has 7 rings (SSSR count). The van der Waals surface area contributed by atoms with Crippen molar-refractivity contribution in [1.29, 1.82) is 0 Å². The molecule has 7 aromatic carbocycles. The lowest BCUT2D eigenvalue weighted by molar-refractivity contribution is 1.49. The Balaban J connectivity index is 0.903. The molecule has 0 aliphatic heterocycles. The van der Waals surface area contributed by atoms with Gasteiger partial charge < -0.3 is 0 Å². The maximum absolute atomic E-state index is 5.96. The van der Waals surface area contributed by atoms with Crippen LogP contribution in [-0.4, -0.2) is 24.9 Å². The first-order valence-electron chi connectivity index (χ1n) is 16.7. The number of hydrogen-bond acceptors (Lipinski definition) is 4. The minimum absolute atomic E-state index is 0.714. The lowest BCUT2D eigenvalue weighted by atomic mass is 10.1. The Bertz CT molecular complexity index is 2170. The summed E-state index contributed by atoms with van der Waals surface area (Å²) in [5.41, 5.74) is 12.1. The zero-order valence-corrected chi connectivity index (χ0v) is 29.5. The molecule has 0 amide bonds. The van der Waals surface area contributed by atoms with Crippen LogP contribution in [-0.2, 0) is 0 Å². The lowest BCUT2D eigenvalue weighted by Crippen LogP contribution is -1.84. The fraction of sp³-hybridized carbons (Fsp3) is 0. The van der Waals surface area contributed by atoms with Crippen molar-refractivity contribution in [3.8, 4) is 22.3 Å². The van der Waals surface area contributed by atoms with Gasteiger partial charge in [0.05, 0.1) is 22.7 Å². The van der Waals surface area contributed by atoms with E-state index in [1.54, 1.807) is 0 Å². The molecule has 7 aromatic rings. The largest absolute Gasteiger partial charge is 0.256 e. The van der Waals surface area contributed by atoms with Crippen LogP contribution in [0.3, 0.4) is 0 Å². The van der Waals surface area contributed by atoms with E-state index in [4.69, 9.17) is 23.2 Å². The van der Waals surface area contributed by atoms with Crippen molar-refractivity contribution < 1.29 is 0 Å². The van der Waals surface area contributed by atoms with E-state index in [0.29, 0.717) is 10.0 Å². The van der Waals surface area contributed by atoms with Gasteiger partial charge >= 0.3 is 0 Å². The average molecular weight is 712 g/mol. The number of hydrogen-bond donors (Lipinski definition) is 0. The Morgan fingerprint density at radius 3 is 0.654 bits per heavy atom. The van der Waals surface area contributed by atoms with Gasteiger partial charge in [0.1, 0.15) is 0 Å². The Morgan fingerprint density at radius 2 is 0.442 bits per heavy atom. The smallest absolute Gasteiger partial charge is 0.0630 e. The number of rotatable bonds is 10. The third-order valence-corrected chi connectivity index (χ3v) is 8.77. The SMILES string of the molecule is Clc1ccc(C=Nc2ccc(-c3ccc(N=Cc4ccc(C=Nc5ccc(-c6ccc(N=Cc7ccc(Cl)cc7)cc6)cc5)cc4)cc3)cc2)cc1. The normalized spacial score (nSPS) is 11.7. The minimum atomic E-state index is 0.714. The molecule has 4 nitrogen and oxygen atoms in total. The summed E-state index contributed by atoms with van der Waals surface area (Å²) in [6.07, 6.45) is 7.42. The molecule has 52 heavy (non-hydrogen) atoms. The zero-order chi connectivity index (χ0) is 35.5. The number of halogens is 2. The van der Waals surface area contributed by atoms with Gasteiger partial charge in [-0.15, -0.1) is 0 Å². The molecule has 0 aromatic heterocycles. The van der Waals surface area contributed by atoms with Gasteiger partial charge in [-0.2, -0.15) is 0 Å². The summed E-state index contributed by atoms with van der Waals surface area (Å²) in [7, 11) is 0. The summed E-state index contributed by atoms with van der Waals surface area (Å²) >= 11 is 11.9. The van der Waals surface area contributed by atoms with E-state index in [1.165, 1.54) is 0 Å². The summed E-state index contributed by atoms with van der Waals surface area (Å²) < 4.78 is 0. The number of benzene rings is 7. The van der Waals surface area contributed by atoms with Crippen molar-refractivity contribution in [3.05, 3.63) is 202 Å². The second-order valence-corrected chi connectivity index (χ2v) is 12.9. The van der Waals surface area contributed by atoms with Crippen LogP contribution >= 0.6 is 23.2 Å². The predicted molar refractivity (Wildman–Crippen MR) is 222 cm³/mol. The van der Waals surface area contributed by atoms with Crippen LogP contribution in [0.15, 0.2) is 190 Å². The zero-order valence-electron chi connectivity index (χ0n) is 28.0. The highest BCUT2D eigenvalue weighted by atomic mass is 35.5. The van der Waals surface area contributed by atoms with Crippen LogP contribution in [0.2, 0.25) is 10.0 Å². The topological polar surface area (TPSA) is 49.4 Å². The lowest BCUT2D eigenvalue weighted by Gasteiger charge is -2.03. The van der Waals surface area contributed by atoms with Gasteiger partial charge in [0.25, 0.3) is 0 Å². The molecular weight excluding hydrogens is 679 g/mol. The molecule has 250 valence electrons. The van der Waals surface area contributed by atoms with Crippen molar-refractivity contribution in [2.75, 3.05) is 0 Å². The Morgan fingerprint density at radius 1 is 0.250 bits per heavy atom. The quantitative estimate of drug-likeness (QED) is 0.127. The highest BCUT2D eigenvalue weighted by molar-refractivity contribution is 6.30. The van der Waals surface area contributed by atoms with Crippen LogP contribution in [0, 0.1) is 0 Å². The molecule has 0 bridgehead atoms. The molecule has 0 saturated carbocycles. The third kappa shape index (κ3) is 9.52. The van der Waals surface area contributed by atoms with Gasteiger partial charge in [0, 0.05) is 34.9 Å². The summed E-state index contributed by atoms with van der Waals surface area (Å²) in [5.74, 6) is 0. The monoisotopic (exact) mass is 710 g/mol. The summed E-state index contributed by atoms with van der Waals surface area (Å²) in [6, 6.07) is 56.2. The highest BCUT2D eigenvalue weighted by Crippen LogP contribution is 2.27. The van der Waals surface area contributed by atoms with Crippen molar-refractivity contribution in [2.45, 2.75) is 0 Å². The summed E-state index contributed by atoms with van der Waals surface area (Å²) in [5, 5.41) is 1.43. The number of aliphatic imine (C=N–C) groups is 4. The molecule has 0 aliphatic rings. The van der Waals surface area contributed by atoms with Crippen LogP contribution in [0.25, 0.3) is 22.3 Å². The fourth-order valence-electron chi connectivity index (χ4n) is 5.32. The van der Waals surface area contributed by atoms with E-state index in [1.807, 2.05) is 146 Å². The second-order valence-electron chi connectivity index (χ2n) is 12.0. The first-order chi connectivity index (χ1) is 25.5. The van der Waals surface area contributed by atoms with Crippen molar-refractivity contribution >= 4 is 70.8 Å². The Labute approximate surface area is 313 Å². The van der Waals surface area contributed by atoms with E-state index >= 15 is 0 Å². The molecular formula is C46H32Cl2N4. The summed E-state index contributed by atoms with van der Waals surface area (Å²) in [6.45, 7) is 0. The average Bonchev–Trinajstić information content (AvgIpc) is 3.20.